The molecule has 1 aliphatic carbocycles. The van der Waals surface area contributed by atoms with E-state index in [-0.39, 0.29) is 0 Å². The quantitative estimate of drug-likeness (QED) is 0.519. The van der Waals surface area contributed by atoms with Crippen LogP contribution >= 0.6 is 0 Å². The molecule has 0 aromatic heterocycles. The average Bonchev–Trinajstić information content (AvgIpc) is 2.39. The first-order valence-electron chi connectivity index (χ1n) is 5.71. The standard InChI is InChI=1S/C12H23N/c1-3-10-13-12-7-5-6-11(4-2)8-9-12/h3,11-13H,1,4-10H2,2H3. The molecule has 1 rings (SSSR count). The van der Waals surface area contributed by atoms with E-state index >= 15 is 0 Å². The minimum atomic E-state index is 0.759. The van der Waals surface area contributed by atoms with Crippen molar-refractivity contribution >= 4 is 0 Å². The van der Waals surface area contributed by atoms with E-state index in [1.165, 1.54) is 38.5 Å². The van der Waals surface area contributed by atoms with Crippen LogP contribution in [-0.4, -0.2) is 12.6 Å². The second kappa shape index (κ2) is 6.20. The maximum Gasteiger partial charge on any atom is 0.0134 e. The van der Waals surface area contributed by atoms with Gasteiger partial charge in [-0.05, 0) is 25.2 Å². The van der Waals surface area contributed by atoms with Crippen molar-refractivity contribution in [3.05, 3.63) is 12.7 Å². The predicted octanol–water partition coefficient (Wildman–Crippen LogP) is 3.12. The van der Waals surface area contributed by atoms with Gasteiger partial charge in [-0.25, -0.2) is 0 Å². The Labute approximate surface area is 82.6 Å². The van der Waals surface area contributed by atoms with Crippen molar-refractivity contribution in [3.63, 3.8) is 0 Å². The summed E-state index contributed by atoms with van der Waals surface area (Å²) in [5, 5.41) is 3.54. The van der Waals surface area contributed by atoms with Crippen molar-refractivity contribution in [2.24, 2.45) is 5.92 Å². The molecular formula is C12H23N. The molecule has 1 N–H and O–H groups in total. The summed E-state index contributed by atoms with van der Waals surface area (Å²) >= 11 is 0. The van der Waals surface area contributed by atoms with Gasteiger partial charge in [-0.1, -0.05) is 32.3 Å². The van der Waals surface area contributed by atoms with Crippen LogP contribution < -0.4 is 5.32 Å². The number of rotatable bonds is 4. The minimum absolute atomic E-state index is 0.759. The molecule has 0 bridgehead atoms. The van der Waals surface area contributed by atoms with Gasteiger partial charge in [0.25, 0.3) is 0 Å². The van der Waals surface area contributed by atoms with Crippen LogP contribution in [-0.2, 0) is 0 Å². The molecule has 1 fully saturated rings. The molecule has 0 spiro atoms. The van der Waals surface area contributed by atoms with E-state index in [9.17, 15) is 0 Å². The molecule has 1 heteroatoms. The fourth-order valence-electron chi connectivity index (χ4n) is 2.24. The fourth-order valence-corrected chi connectivity index (χ4v) is 2.24. The molecule has 76 valence electrons. The second-order valence-electron chi connectivity index (χ2n) is 4.18. The number of nitrogens with one attached hydrogen (secondary N) is 1. The third-order valence-corrected chi connectivity index (χ3v) is 3.22. The molecule has 0 saturated heterocycles. The van der Waals surface area contributed by atoms with E-state index in [0.29, 0.717) is 0 Å². The topological polar surface area (TPSA) is 12.0 Å². The Morgan fingerprint density at radius 3 is 2.85 bits per heavy atom. The van der Waals surface area contributed by atoms with Gasteiger partial charge in [-0.2, -0.15) is 0 Å². The van der Waals surface area contributed by atoms with E-state index < -0.39 is 0 Å². The number of hydrogen-bond acceptors (Lipinski definition) is 1. The van der Waals surface area contributed by atoms with Crippen LogP contribution in [0.25, 0.3) is 0 Å². The first-order chi connectivity index (χ1) is 6.36. The normalized spacial score (nSPS) is 29.6. The van der Waals surface area contributed by atoms with E-state index in [2.05, 4.69) is 18.8 Å². The zero-order valence-corrected chi connectivity index (χ0v) is 8.89. The Bertz CT molecular complexity index is 142. The Morgan fingerprint density at radius 2 is 2.15 bits per heavy atom. The van der Waals surface area contributed by atoms with Gasteiger partial charge in [0.2, 0.25) is 0 Å². The Morgan fingerprint density at radius 1 is 1.31 bits per heavy atom. The van der Waals surface area contributed by atoms with E-state index in [4.69, 9.17) is 0 Å². The molecule has 13 heavy (non-hydrogen) atoms. The maximum absolute atomic E-state index is 3.74. The van der Waals surface area contributed by atoms with Gasteiger partial charge in [0.05, 0.1) is 0 Å². The fraction of sp³-hybridized carbons (Fsp3) is 0.833. The molecule has 1 aliphatic rings. The first-order valence-corrected chi connectivity index (χ1v) is 5.71. The van der Waals surface area contributed by atoms with Crippen LogP contribution in [0.15, 0.2) is 12.7 Å². The Balaban J connectivity index is 2.23. The lowest BCUT2D eigenvalue weighted by Crippen LogP contribution is -2.28. The monoisotopic (exact) mass is 181 g/mol. The lowest BCUT2D eigenvalue weighted by molar-refractivity contribution is 0.432. The average molecular weight is 181 g/mol. The third-order valence-electron chi connectivity index (χ3n) is 3.22. The lowest BCUT2D eigenvalue weighted by Gasteiger charge is -2.15. The molecule has 2 unspecified atom stereocenters. The first kappa shape index (κ1) is 10.8. The summed E-state index contributed by atoms with van der Waals surface area (Å²) in [5.74, 6) is 0.996. The van der Waals surface area contributed by atoms with Crippen LogP contribution in [0, 0.1) is 5.92 Å². The Hall–Kier alpha value is -0.300. The predicted molar refractivity (Wildman–Crippen MR) is 58.9 cm³/mol. The summed E-state index contributed by atoms with van der Waals surface area (Å²) in [6.07, 6.45) is 10.3. The van der Waals surface area contributed by atoms with Gasteiger partial charge < -0.3 is 5.32 Å². The number of hydrogen-bond donors (Lipinski definition) is 1. The molecular weight excluding hydrogens is 158 g/mol. The summed E-state index contributed by atoms with van der Waals surface area (Å²) in [5.41, 5.74) is 0. The highest BCUT2D eigenvalue weighted by Gasteiger charge is 2.16. The van der Waals surface area contributed by atoms with Gasteiger partial charge in [-0.15, -0.1) is 6.58 Å². The Kier molecular flexibility index (Phi) is 5.14. The molecule has 1 nitrogen and oxygen atoms in total. The molecule has 2 atom stereocenters. The van der Waals surface area contributed by atoms with Gasteiger partial charge in [0, 0.05) is 12.6 Å². The molecule has 0 aromatic rings. The smallest absolute Gasteiger partial charge is 0.0134 e. The minimum Gasteiger partial charge on any atom is -0.311 e. The van der Waals surface area contributed by atoms with E-state index in [0.717, 1.165) is 18.5 Å². The molecule has 0 radical (unpaired) electrons. The van der Waals surface area contributed by atoms with Crippen molar-refractivity contribution < 1.29 is 0 Å². The van der Waals surface area contributed by atoms with Crippen molar-refractivity contribution in [2.45, 2.75) is 51.5 Å². The highest BCUT2D eigenvalue weighted by Crippen LogP contribution is 2.25. The van der Waals surface area contributed by atoms with Crippen molar-refractivity contribution in [1.82, 2.24) is 5.32 Å². The van der Waals surface area contributed by atoms with Crippen LogP contribution in [0.5, 0.6) is 0 Å². The summed E-state index contributed by atoms with van der Waals surface area (Å²) in [7, 11) is 0. The van der Waals surface area contributed by atoms with E-state index in [1.54, 1.807) is 0 Å². The zero-order chi connectivity index (χ0) is 9.52. The molecule has 0 amide bonds. The van der Waals surface area contributed by atoms with Crippen molar-refractivity contribution in [1.29, 1.82) is 0 Å². The van der Waals surface area contributed by atoms with E-state index in [1.807, 2.05) is 6.08 Å². The molecule has 1 saturated carbocycles. The van der Waals surface area contributed by atoms with Gasteiger partial charge in [-0.3, -0.25) is 0 Å². The maximum atomic E-state index is 3.74. The van der Waals surface area contributed by atoms with Crippen LogP contribution in [0.4, 0.5) is 0 Å². The summed E-state index contributed by atoms with van der Waals surface area (Å²) in [4.78, 5) is 0. The summed E-state index contributed by atoms with van der Waals surface area (Å²) in [6.45, 7) is 7.03. The summed E-state index contributed by atoms with van der Waals surface area (Å²) < 4.78 is 0. The van der Waals surface area contributed by atoms with Crippen LogP contribution in [0.1, 0.15) is 45.4 Å². The molecule has 0 aliphatic heterocycles. The van der Waals surface area contributed by atoms with Gasteiger partial charge in [0.1, 0.15) is 0 Å². The zero-order valence-electron chi connectivity index (χ0n) is 8.89. The molecule has 0 aromatic carbocycles. The van der Waals surface area contributed by atoms with Crippen LogP contribution in [0.2, 0.25) is 0 Å². The van der Waals surface area contributed by atoms with Gasteiger partial charge >= 0.3 is 0 Å². The SMILES string of the molecule is C=CCNC1CCCC(CC)CC1. The largest absolute Gasteiger partial charge is 0.311 e. The lowest BCUT2D eigenvalue weighted by atomic mass is 9.98. The van der Waals surface area contributed by atoms with Crippen molar-refractivity contribution in [2.75, 3.05) is 6.54 Å². The third kappa shape index (κ3) is 3.95. The second-order valence-corrected chi connectivity index (χ2v) is 4.18. The summed E-state index contributed by atoms with van der Waals surface area (Å²) in [6, 6.07) is 0.759. The van der Waals surface area contributed by atoms with Crippen LogP contribution in [0.3, 0.4) is 0 Å². The van der Waals surface area contributed by atoms with Gasteiger partial charge in [0.15, 0.2) is 0 Å². The highest BCUT2D eigenvalue weighted by molar-refractivity contribution is 4.78. The highest BCUT2D eigenvalue weighted by atomic mass is 14.9. The molecule has 0 heterocycles. The van der Waals surface area contributed by atoms with Crippen molar-refractivity contribution in [3.8, 4) is 0 Å².